The van der Waals surface area contributed by atoms with Crippen molar-refractivity contribution in [2.75, 3.05) is 5.32 Å². The molecule has 0 fully saturated rings. The number of nitrogens with zero attached hydrogens (tertiary/aromatic N) is 1. The highest BCUT2D eigenvalue weighted by Crippen LogP contribution is 2.44. The molecule has 24 heavy (non-hydrogen) atoms. The van der Waals surface area contributed by atoms with E-state index < -0.39 is 0 Å². The number of halogens is 1. The molecule has 1 atom stereocenters. The van der Waals surface area contributed by atoms with Gasteiger partial charge < -0.3 is 9.73 Å². The Kier molecular flexibility index (Phi) is 4.58. The number of rotatable bonds is 2. The zero-order valence-corrected chi connectivity index (χ0v) is 16.3. The molecule has 6 heteroatoms. The van der Waals surface area contributed by atoms with Crippen molar-refractivity contribution >= 4 is 38.2 Å². The van der Waals surface area contributed by atoms with Crippen molar-refractivity contribution in [3.05, 3.63) is 38.6 Å². The summed E-state index contributed by atoms with van der Waals surface area (Å²) in [5, 5.41) is 13.0. The van der Waals surface area contributed by atoms with Crippen molar-refractivity contribution in [3.8, 4) is 6.07 Å². The van der Waals surface area contributed by atoms with Crippen LogP contribution < -0.4 is 5.32 Å². The van der Waals surface area contributed by atoms with E-state index in [-0.39, 0.29) is 17.1 Å². The van der Waals surface area contributed by atoms with Gasteiger partial charge in [-0.1, -0.05) is 20.8 Å². The van der Waals surface area contributed by atoms with Crippen LogP contribution in [0.2, 0.25) is 0 Å². The Bertz CT molecular complexity index is 823. The van der Waals surface area contributed by atoms with Gasteiger partial charge in [-0.05, 0) is 64.2 Å². The van der Waals surface area contributed by atoms with Crippen LogP contribution in [0.15, 0.2) is 21.2 Å². The van der Waals surface area contributed by atoms with Crippen molar-refractivity contribution in [1.29, 1.82) is 5.26 Å². The summed E-state index contributed by atoms with van der Waals surface area (Å²) >= 11 is 4.72. The SMILES string of the molecule is CC(C)(C)[C@H]1CCc2c(sc(NC(=O)c3ccc(Br)o3)c2C#N)C1. The lowest BCUT2D eigenvalue weighted by atomic mass is 9.72. The van der Waals surface area contributed by atoms with Gasteiger partial charge in [0, 0.05) is 4.88 Å². The molecule has 126 valence electrons. The van der Waals surface area contributed by atoms with E-state index in [4.69, 9.17) is 4.42 Å². The lowest BCUT2D eigenvalue weighted by Crippen LogP contribution is -2.26. The quantitative estimate of drug-likeness (QED) is 0.727. The molecule has 0 saturated carbocycles. The molecule has 2 aromatic heterocycles. The van der Waals surface area contributed by atoms with Gasteiger partial charge in [0.1, 0.15) is 11.1 Å². The monoisotopic (exact) mass is 406 g/mol. The Morgan fingerprint density at radius 1 is 1.46 bits per heavy atom. The van der Waals surface area contributed by atoms with Gasteiger partial charge in [-0.25, -0.2) is 0 Å². The summed E-state index contributed by atoms with van der Waals surface area (Å²) < 4.78 is 5.79. The molecular weight excluding hydrogens is 388 g/mol. The molecule has 2 aromatic rings. The Morgan fingerprint density at radius 2 is 2.21 bits per heavy atom. The number of carbonyl (C=O) groups is 1. The van der Waals surface area contributed by atoms with Crippen LogP contribution in [0.5, 0.6) is 0 Å². The van der Waals surface area contributed by atoms with Crippen LogP contribution in [0.4, 0.5) is 5.00 Å². The second-order valence-electron chi connectivity index (χ2n) is 7.18. The number of nitriles is 1. The molecule has 0 spiro atoms. The number of fused-ring (bicyclic) bond motifs is 1. The van der Waals surface area contributed by atoms with E-state index in [2.05, 4.69) is 48.1 Å². The number of anilines is 1. The minimum absolute atomic E-state index is 0.227. The molecule has 0 saturated heterocycles. The third-order valence-corrected chi connectivity index (χ3v) is 6.22. The van der Waals surface area contributed by atoms with E-state index >= 15 is 0 Å². The third-order valence-electron chi connectivity index (χ3n) is 4.63. The summed E-state index contributed by atoms with van der Waals surface area (Å²) in [5.41, 5.74) is 1.97. The molecule has 4 nitrogen and oxygen atoms in total. The number of thiophene rings is 1. The van der Waals surface area contributed by atoms with E-state index in [1.165, 1.54) is 16.2 Å². The molecule has 1 amide bonds. The van der Waals surface area contributed by atoms with Gasteiger partial charge in [-0.2, -0.15) is 5.26 Å². The van der Waals surface area contributed by atoms with Crippen LogP contribution in [-0.2, 0) is 12.8 Å². The standard InChI is InChI=1S/C18H19BrN2O2S/c1-18(2,3)10-4-5-11-12(9-20)17(24-14(11)8-10)21-16(22)13-6-7-15(19)23-13/h6-7,10H,4-5,8H2,1-3H3,(H,21,22)/t10-/m0/s1. The average molecular weight is 407 g/mol. The number of furan rings is 1. The van der Waals surface area contributed by atoms with Crippen LogP contribution in [0.1, 0.15) is 53.8 Å². The average Bonchev–Trinajstić information content (AvgIpc) is 3.08. The Balaban J connectivity index is 1.87. The second kappa shape index (κ2) is 6.38. The van der Waals surface area contributed by atoms with Gasteiger partial charge in [0.2, 0.25) is 0 Å². The van der Waals surface area contributed by atoms with Crippen molar-refractivity contribution in [3.63, 3.8) is 0 Å². The van der Waals surface area contributed by atoms with Gasteiger partial charge >= 0.3 is 0 Å². The number of hydrogen-bond donors (Lipinski definition) is 1. The molecule has 2 heterocycles. The maximum absolute atomic E-state index is 12.3. The summed E-state index contributed by atoms with van der Waals surface area (Å²) in [6.45, 7) is 6.79. The van der Waals surface area contributed by atoms with E-state index in [1.54, 1.807) is 12.1 Å². The van der Waals surface area contributed by atoms with Crippen molar-refractivity contribution in [2.24, 2.45) is 11.3 Å². The van der Waals surface area contributed by atoms with Gasteiger partial charge in [-0.3, -0.25) is 4.79 Å². The first-order chi connectivity index (χ1) is 11.3. The summed E-state index contributed by atoms with van der Waals surface area (Å²) in [6.07, 6.45) is 2.96. The maximum Gasteiger partial charge on any atom is 0.292 e. The van der Waals surface area contributed by atoms with Crippen molar-refractivity contribution in [2.45, 2.75) is 40.0 Å². The number of nitrogens with one attached hydrogen (secondary N) is 1. The predicted molar refractivity (Wildman–Crippen MR) is 98.4 cm³/mol. The van der Waals surface area contributed by atoms with E-state index in [0.29, 0.717) is 21.2 Å². The summed E-state index contributed by atoms with van der Waals surface area (Å²) in [6, 6.07) is 5.56. The number of amides is 1. The van der Waals surface area contributed by atoms with Gasteiger partial charge in [0.15, 0.2) is 10.4 Å². The topological polar surface area (TPSA) is 66.0 Å². The fourth-order valence-electron chi connectivity index (χ4n) is 3.13. The minimum Gasteiger partial charge on any atom is -0.444 e. The summed E-state index contributed by atoms with van der Waals surface area (Å²) in [7, 11) is 0. The van der Waals surface area contributed by atoms with Gasteiger partial charge in [0.05, 0.1) is 5.56 Å². The summed E-state index contributed by atoms with van der Waals surface area (Å²) in [5.74, 6) is 0.493. The van der Waals surface area contributed by atoms with Gasteiger partial charge in [0.25, 0.3) is 5.91 Å². The lowest BCUT2D eigenvalue weighted by Gasteiger charge is -2.33. The first-order valence-electron chi connectivity index (χ1n) is 7.91. The van der Waals surface area contributed by atoms with Crippen LogP contribution in [-0.4, -0.2) is 5.91 Å². The molecule has 1 aliphatic rings. The molecule has 0 bridgehead atoms. The molecule has 1 N–H and O–H groups in total. The lowest BCUT2D eigenvalue weighted by molar-refractivity contribution is 0.0996. The largest absolute Gasteiger partial charge is 0.444 e. The highest BCUT2D eigenvalue weighted by atomic mass is 79.9. The van der Waals surface area contributed by atoms with Crippen LogP contribution in [0.3, 0.4) is 0 Å². The Morgan fingerprint density at radius 3 is 2.79 bits per heavy atom. The van der Waals surface area contributed by atoms with Gasteiger partial charge in [-0.15, -0.1) is 11.3 Å². The molecule has 0 aliphatic heterocycles. The predicted octanol–water partition coefficient (Wildman–Crippen LogP) is 5.38. The highest BCUT2D eigenvalue weighted by Gasteiger charge is 2.32. The van der Waals surface area contributed by atoms with Crippen LogP contribution in [0, 0.1) is 22.7 Å². The molecule has 0 unspecified atom stereocenters. The second-order valence-corrected chi connectivity index (χ2v) is 9.07. The van der Waals surface area contributed by atoms with E-state index in [9.17, 15) is 10.1 Å². The first kappa shape index (κ1) is 17.2. The normalized spacial score (nSPS) is 17.2. The van der Waals surface area contributed by atoms with E-state index in [1.807, 2.05) is 0 Å². The molecule has 0 aromatic carbocycles. The van der Waals surface area contributed by atoms with Crippen LogP contribution in [0.25, 0.3) is 0 Å². The number of hydrogen-bond acceptors (Lipinski definition) is 4. The highest BCUT2D eigenvalue weighted by molar-refractivity contribution is 9.10. The van der Waals surface area contributed by atoms with Crippen LogP contribution >= 0.6 is 27.3 Å². The first-order valence-corrected chi connectivity index (χ1v) is 9.52. The minimum atomic E-state index is -0.330. The number of carbonyl (C=O) groups excluding carboxylic acids is 1. The Hall–Kier alpha value is -1.58. The molecule has 3 rings (SSSR count). The van der Waals surface area contributed by atoms with E-state index in [0.717, 1.165) is 24.8 Å². The van der Waals surface area contributed by atoms with Crippen molar-refractivity contribution in [1.82, 2.24) is 0 Å². The third kappa shape index (κ3) is 3.28. The van der Waals surface area contributed by atoms with Crippen molar-refractivity contribution < 1.29 is 9.21 Å². The molecule has 0 radical (unpaired) electrons. The molecular formula is C18H19BrN2O2S. The zero-order valence-electron chi connectivity index (χ0n) is 13.9. The smallest absolute Gasteiger partial charge is 0.292 e. The molecule has 1 aliphatic carbocycles. The Labute approximate surface area is 154 Å². The maximum atomic E-state index is 12.3. The summed E-state index contributed by atoms with van der Waals surface area (Å²) in [4.78, 5) is 13.5. The zero-order chi connectivity index (χ0) is 17.5. The fraction of sp³-hybridized carbons (Fsp3) is 0.444. The fourth-order valence-corrected chi connectivity index (χ4v) is 4.71.